The second kappa shape index (κ2) is 13.4. The van der Waals surface area contributed by atoms with Crippen LogP contribution in [0.2, 0.25) is 0 Å². The van der Waals surface area contributed by atoms with E-state index in [1.54, 1.807) is 55.8 Å². The number of nitrogens with one attached hydrogen (secondary N) is 1. The summed E-state index contributed by atoms with van der Waals surface area (Å²) in [5, 5.41) is 2.92. The first-order valence-electron chi connectivity index (χ1n) is 13.2. The SMILES string of the molecule is COc1ccc(NC(=O)N(CC(=O)N(CCc2ccc(OC)c(OC)c2)Cc2ccc(C)s2)C2CC2)c(OC)c1. The van der Waals surface area contributed by atoms with Gasteiger partial charge in [0.15, 0.2) is 11.5 Å². The Morgan fingerprint density at radius 1 is 0.900 bits per heavy atom. The Kier molecular flexibility index (Phi) is 9.76. The lowest BCUT2D eigenvalue weighted by Crippen LogP contribution is -2.45. The predicted molar refractivity (Wildman–Crippen MR) is 156 cm³/mol. The quantitative estimate of drug-likeness (QED) is 0.299. The highest BCUT2D eigenvalue weighted by atomic mass is 32.1. The monoisotopic (exact) mass is 567 g/mol. The van der Waals surface area contributed by atoms with E-state index >= 15 is 0 Å². The van der Waals surface area contributed by atoms with Gasteiger partial charge in [0.2, 0.25) is 5.91 Å². The molecule has 214 valence electrons. The number of nitrogens with zero attached hydrogens (tertiary/aromatic N) is 2. The zero-order valence-electron chi connectivity index (χ0n) is 23.7. The molecule has 1 saturated carbocycles. The molecule has 0 bridgehead atoms. The van der Waals surface area contributed by atoms with E-state index in [0.29, 0.717) is 48.2 Å². The van der Waals surface area contributed by atoms with Crippen molar-refractivity contribution in [1.82, 2.24) is 9.80 Å². The lowest BCUT2D eigenvalue weighted by molar-refractivity contribution is -0.132. The highest BCUT2D eigenvalue weighted by molar-refractivity contribution is 7.11. The summed E-state index contributed by atoms with van der Waals surface area (Å²) in [5.41, 5.74) is 1.55. The molecule has 0 spiro atoms. The van der Waals surface area contributed by atoms with Gasteiger partial charge in [0.05, 0.1) is 40.7 Å². The van der Waals surface area contributed by atoms with E-state index in [0.717, 1.165) is 23.3 Å². The molecule has 9 nitrogen and oxygen atoms in total. The maximum absolute atomic E-state index is 13.7. The normalized spacial score (nSPS) is 12.4. The number of hydrogen-bond donors (Lipinski definition) is 1. The van der Waals surface area contributed by atoms with Crippen LogP contribution in [0.1, 0.15) is 28.2 Å². The Hall–Kier alpha value is -3.92. The molecule has 1 N–H and O–H groups in total. The molecule has 0 aliphatic heterocycles. The van der Waals surface area contributed by atoms with Gasteiger partial charge in [0, 0.05) is 28.4 Å². The number of aryl methyl sites for hydroxylation is 1. The largest absolute Gasteiger partial charge is 0.497 e. The molecule has 1 fully saturated rings. The first-order valence-corrected chi connectivity index (χ1v) is 14.0. The molecule has 3 aromatic rings. The number of ether oxygens (including phenoxy) is 4. The zero-order chi connectivity index (χ0) is 28.6. The van der Waals surface area contributed by atoms with Crippen LogP contribution in [0.25, 0.3) is 0 Å². The van der Waals surface area contributed by atoms with Crippen LogP contribution in [0.5, 0.6) is 23.0 Å². The average molecular weight is 568 g/mol. The van der Waals surface area contributed by atoms with E-state index in [-0.39, 0.29) is 24.5 Å². The Morgan fingerprint density at radius 3 is 2.27 bits per heavy atom. The number of rotatable bonds is 13. The summed E-state index contributed by atoms with van der Waals surface area (Å²) in [7, 11) is 6.32. The van der Waals surface area contributed by atoms with E-state index in [4.69, 9.17) is 18.9 Å². The Labute approximate surface area is 239 Å². The van der Waals surface area contributed by atoms with Crippen molar-refractivity contribution < 1.29 is 28.5 Å². The molecular weight excluding hydrogens is 530 g/mol. The van der Waals surface area contributed by atoms with Crippen molar-refractivity contribution in [1.29, 1.82) is 0 Å². The standard InChI is InChI=1S/C30H37N3O6S/c1-20-6-11-24(40-20)18-32(15-14-21-7-13-26(37-3)28(16-21)39-5)29(34)19-33(22-8-9-22)30(35)31-25-12-10-23(36-2)17-27(25)38-4/h6-7,10-13,16-17,22H,8-9,14-15,18-19H2,1-5H3,(H,31,35). The topological polar surface area (TPSA) is 89.6 Å². The minimum Gasteiger partial charge on any atom is -0.497 e. The van der Waals surface area contributed by atoms with Crippen molar-refractivity contribution in [3.8, 4) is 23.0 Å². The molecule has 0 saturated heterocycles. The molecular formula is C30H37N3O6S. The maximum atomic E-state index is 13.7. The predicted octanol–water partition coefficient (Wildman–Crippen LogP) is 5.36. The van der Waals surface area contributed by atoms with Gasteiger partial charge in [0.25, 0.3) is 0 Å². The molecule has 3 amide bonds. The van der Waals surface area contributed by atoms with E-state index < -0.39 is 0 Å². The van der Waals surface area contributed by atoms with Crippen LogP contribution in [-0.4, -0.2) is 69.3 Å². The van der Waals surface area contributed by atoms with Crippen LogP contribution in [0, 0.1) is 6.92 Å². The van der Waals surface area contributed by atoms with Gasteiger partial charge in [0.1, 0.15) is 18.0 Å². The number of urea groups is 1. The van der Waals surface area contributed by atoms with E-state index in [1.807, 2.05) is 23.1 Å². The van der Waals surface area contributed by atoms with E-state index in [9.17, 15) is 9.59 Å². The van der Waals surface area contributed by atoms with Gasteiger partial charge in [-0.05, 0) is 68.1 Å². The van der Waals surface area contributed by atoms with E-state index in [2.05, 4.69) is 24.4 Å². The molecule has 1 aromatic heterocycles. The lowest BCUT2D eigenvalue weighted by Gasteiger charge is -2.28. The fraction of sp³-hybridized carbons (Fsp3) is 0.400. The molecule has 1 aliphatic carbocycles. The van der Waals surface area contributed by atoms with Crippen LogP contribution in [0.3, 0.4) is 0 Å². The summed E-state index contributed by atoms with van der Waals surface area (Å²) in [6, 6.07) is 14.8. The number of carbonyl (C=O) groups is 2. The third-order valence-corrected chi connectivity index (χ3v) is 7.80. The molecule has 10 heteroatoms. The Balaban J connectivity index is 1.49. The maximum Gasteiger partial charge on any atom is 0.322 e. The van der Waals surface area contributed by atoms with Crippen LogP contribution in [0.4, 0.5) is 10.5 Å². The second-order valence-corrected chi connectivity index (χ2v) is 11.0. The highest BCUT2D eigenvalue weighted by Gasteiger charge is 2.35. The van der Waals surface area contributed by atoms with Gasteiger partial charge >= 0.3 is 6.03 Å². The number of methoxy groups -OCH3 is 4. The average Bonchev–Trinajstić information content (AvgIpc) is 3.73. The molecule has 40 heavy (non-hydrogen) atoms. The molecule has 0 atom stereocenters. The number of anilines is 1. The van der Waals surface area contributed by atoms with Crippen molar-refractivity contribution in [2.24, 2.45) is 0 Å². The van der Waals surface area contributed by atoms with Gasteiger partial charge in [-0.2, -0.15) is 0 Å². The number of thiophene rings is 1. The third-order valence-electron chi connectivity index (χ3n) is 6.82. The smallest absolute Gasteiger partial charge is 0.322 e. The first kappa shape index (κ1) is 29.1. The van der Waals surface area contributed by atoms with Gasteiger partial charge in [-0.15, -0.1) is 11.3 Å². The summed E-state index contributed by atoms with van der Waals surface area (Å²) in [4.78, 5) is 32.9. The summed E-state index contributed by atoms with van der Waals surface area (Å²) < 4.78 is 21.5. The minimum atomic E-state index is -0.328. The van der Waals surface area contributed by atoms with Crippen LogP contribution >= 0.6 is 11.3 Å². The Bertz CT molecular complexity index is 1320. The minimum absolute atomic E-state index is 0.00867. The molecule has 4 rings (SSSR count). The lowest BCUT2D eigenvalue weighted by atomic mass is 10.1. The summed E-state index contributed by atoms with van der Waals surface area (Å²) in [5.74, 6) is 2.32. The number of hydrogen-bond acceptors (Lipinski definition) is 7. The van der Waals surface area contributed by atoms with Crippen LogP contribution < -0.4 is 24.3 Å². The van der Waals surface area contributed by atoms with Crippen molar-refractivity contribution in [3.63, 3.8) is 0 Å². The number of benzene rings is 2. The molecule has 1 heterocycles. The first-order chi connectivity index (χ1) is 19.3. The van der Waals surface area contributed by atoms with Crippen LogP contribution in [-0.2, 0) is 17.8 Å². The zero-order valence-corrected chi connectivity index (χ0v) is 24.5. The van der Waals surface area contributed by atoms with Crippen molar-refractivity contribution in [2.45, 2.75) is 38.8 Å². The summed E-state index contributed by atoms with van der Waals surface area (Å²) in [6.45, 7) is 3.02. The molecule has 2 aromatic carbocycles. The van der Waals surface area contributed by atoms with Gasteiger partial charge in [-0.25, -0.2) is 4.79 Å². The van der Waals surface area contributed by atoms with Crippen molar-refractivity contribution in [2.75, 3.05) is 46.8 Å². The number of carbonyl (C=O) groups excluding carboxylic acids is 2. The molecule has 0 unspecified atom stereocenters. The third kappa shape index (κ3) is 7.38. The summed E-state index contributed by atoms with van der Waals surface area (Å²) in [6.07, 6.45) is 2.38. The van der Waals surface area contributed by atoms with Gasteiger partial charge < -0.3 is 34.1 Å². The van der Waals surface area contributed by atoms with Gasteiger partial charge in [-0.3, -0.25) is 4.79 Å². The van der Waals surface area contributed by atoms with Gasteiger partial charge in [-0.1, -0.05) is 6.07 Å². The highest BCUT2D eigenvalue weighted by Crippen LogP contribution is 2.32. The summed E-state index contributed by atoms with van der Waals surface area (Å²) >= 11 is 1.67. The molecule has 1 aliphatic rings. The van der Waals surface area contributed by atoms with Crippen molar-refractivity contribution >= 4 is 29.0 Å². The van der Waals surface area contributed by atoms with Crippen molar-refractivity contribution in [3.05, 3.63) is 63.8 Å². The van der Waals surface area contributed by atoms with Crippen LogP contribution in [0.15, 0.2) is 48.5 Å². The fourth-order valence-corrected chi connectivity index (χ4v) is 5.34. The fourth-order valence-electron chi connectivity index (χ4n) is 4.44. The number of amides is 3. The van der Waals surface area contributed by atoms with E-state index in [1.165, 1.54) is 12.0 Å². The second-order valence-electron chi connectivity index (χ2n) is 9.62. The molecule has 0 radical (unpaired) electrons. The Morgan fingerprint density at radius 2 is 1.65 bits per heavy atom.